The van der Waals surface area contributed by atoms with Crippen molar-refractivity contribution in [2.75, 3.05) is 6.67 Å². The van der Waals surface area contributed by atoms with Crippen molar-refractivity contribution in [1.29, 1.82) is 0 Å². The molecule has 5 nitrogen and oxygen atoms in total. The molecule has 0 unspecified atom stereocenters. The van der Waals surface area contributed by atoms with Gasteiger partial charge in [0.2, 0.25) is 5.78 Å². The molecule has 3 rings (SSSR count). The van der Waals surface area contributed by atoms with E-state index in [4.69, 9.17) is 0 Å². The Morgan fingerprint density at radius 1 is 1.33 bits per heavy atom. The smallest absolute Gasteiger partial charge is 0.251 e. The predicted octanol–water partition coefficient (Wildman–Crippen LogP) is -0.0344. The number of Topliss-reactive ketones (excluding diaryl/α,β-unsaturated/α-hetero) is 2. The molecule has 0 spiro atoms. The van der Waals surface area contributed by atoms with Gasteiger partial charge in [-0.05, 0) is 18.2 Å². The third-order valence-electron chi connectivity index (χ3n) is 2.40. The van der Waals surface area contributed by atoms with Crippen LogP contribution < -0.4 is 5.43 Å². The first-order chi connectivity index (χ1) is 7.27. The van der Waals surface area contributed by atoms with E-state index < -0.39 is 11.6 Å². The zero-order valence-corrected chi connectivity index (χ0v) is 7.73. The number of fused-ring (bicyclic) bond motifs is 1. The number of aromatic nitrogens is 1. The molecule has 1 N–H and O–H groups in total. The van der Waals surface area contributed by atoms with Crippen molar-refractivity contribution in [2.45, 2.75) is 0 Å². The minimum Gasteiger partial charge on any atom is -0.287 e. The summed E-state index contributed by atoms with van der Waals surface area (Å²) in [7, 11) is 0. The largest absolute Gasteiger partial charge is 0.287 e. The van der Waals surface area contributed by atoms with Crippen LogP contribution in [0.5, 0.6) is 0 Å². The van der Waals surface area contributed by atoms with Crippen molar-refractivity contribution < 1.29 is 9.59 Å². The number of hydrogen-bond acceptors (Lipinski definition) is 5. The molecule has 5 heteroatoms. The number of hydrazine groups is 1. The molecule has 0 radical (unpaired) electrons. The summed E-state index contributed by atoms with van der Waals surface area (Å²) < 4.78 is 0. The Kier molecular flexibility index (Phi) is 1.52. The van der Waals surface area contributed by atoms with Crippen LogP contribution in [-0.4, -0.2) is 28.2 Å². The van der Waals surface area contributed by atoms with E-state index in [0.29, 0.717) is 23.6 Å². The van der Waals surface area contributed by atoms with Gasteiger partial charge < -0.3 is 0 Å². The fraction of sp³-hybridized carbons (Fsp3) is 0.100. The number of nitrogens with zero attached hydrogens (tertiary/aromatic N) is 2. The van der Waals surface area contributed by atoms with Gasteiger partial charge in [0.05, 0.1) is 11.3 Å². The van der Waals surface area contributed by atoms with Gasteiger partial charge >= 0.3 is 0 Å². The number of rotatable bonds is 1. The van der Waals surface area contributed by atoms with Crippen LogP contribution in [0.25, 0.3) is 6.08 Å². The molecular formula is C10H7N3O2. The van der Waals surface area contributed by atoms with E-state index in [0.717, 1.165) is 0 Å². The standard InChI is InChI=1S/C10H7N3O2/c14-9-6-2-1-3-11-7(6)4-8(10(9)15)13-5-12-13/h1-4,12H,5H2. The minimum atomic E-state index is -0.482. The number of carbonyl (C=O) groups is 2. The van der Waals surface area contributed by atoms with Gasteiger partial charge in [0.15, 0.2) is 0 Å². The van der Waals surface area contributed by atoms with Crippen molar-refractivity contribution >= 4 is 17.6 Å². The Morgan fingerprint density at radius 3 is 2.87 bits per heavy atom. The quantitative estimate of drug-likeness (QED) is 0.510. The van der Waals surface area contributed by atoms with Crippen molar-refractivity contribution in [3.8, 4) is 0 Å². The number of hydrogen-bond donors (Lipinski definition) is 1. The molecule has 0 atom stereocenters. The van der Waals surface area contributed by atoms with Gasteiger partial charge in [-0.15, -0.1) is 0 Å². The molecule has 0 bridgehead atoms. The molecule has 15 heavy (non-hydrogen) atoms. The second kappa shape index (κ2) is 2.74. The van der Waals surface area contributed by atoms with Gasteiger partial charge in [-0.1, -0.05) is 0 Å². The number of allylic oxidation sites excluding steroid dienone is 1. The Hall–Kier alpha value is -2.01. The van der Waals surface area contributed by atoms with Crippen molar-refractivity contribution in [3.05, 3.63) is 35.3 Å². The molecule has 0 amide bonds. The summed E-state index contributed by atoms with van der Waals surface area (Å²) in [6, 6.07) is 3.27. The maximum atomic E-state index is 11.7. The Balaban J connectivity index is 2.18. The molecule has 1 aliphatic carbocycles. The molecule has 1 aromatic rings. The van der Waals surface area contributed by atoms with Gasteiger partial charge in [0, 0.05) is 6.20 Å². The van der Waals surface area contributed by atoms with Gasteiger partial charge in [-0.2, -0.15) is 0 Å². The monoisotopic (exact) mass is 201 g/mol. The van der Waals surface area contributed by atoms with Crippen molar-refractivity contribution in [3.63, 3.8) is 0 Å². The normalized spacial score (nSPS) is 18.7. The fourth-order valence-electron chi connectivity index (χ4n) is 1.56. The van der Waals surface area contributed by atoms with E-state index in [2.05, 4.69) is 10.4 Å². The average Bonchev–Trinajstić information content (AvgIpc) is 3.07. The van der Waals surface area contributed by atoms with Gasteiger partial charge in [-0.25, -0.2) is 5.43 Å². The lowest BCUT2D eigenvalue weighted by atomic mass is 9.97. The third kappa shape index (κ3) is 1.17. The van der Waals surface area contributed by atoms with Crippen LogP contribution in [0.1, 0.15) is 16.1 Å². The summed E-state index contributed by atoms with van der Waals surface area (Å²) in [5.74, 6) is -0.954. The molecule has 1 saturated heterocycles. The number of carbonyl (C=O) groups excluding carboxylic acids is 2. The zero-order chi connectivity index (χ0) is 10.4. The highest BCUT2D eigenvalue weighted by Crippen LogP contribution is 2.23. The third-order valence-corrected chi connectivity index (χ3v) is 2.40. The van der Waals surface area contributed by atoms with Crippen LogP contribution in [0.4, 0.5) is 0 Å². The zero-order valence-electron chi connectivity index (χ0n) is 7.73. The van der Waals surface area contributed by atoms with Gasteiger partial charge in [0.25, 0.3) is 5.78 Å². The van der Waals surface area contributed by atoms with E-state index in [9.17, 15) is 9.59 Å². The molecule has 74 valence electrons. The second-order valence-corrected chi connectivity index (χ2v) is 3.37. The number of pyridine rings is 1. The van der Waals surface area contributed by atoms with Crippen LogP contribution >= 0.6 is 0 Å². The van der Waals surface area contributed by atoms with E-state index >= 15 is 0 Å². The van der Waals surface area contributed by atoms with Crippen LogP contribution in [0.2, 0.25) is 0 Å². The van der Waals surface area contributed by atoms with E-state index in [1.807, 2.05) is 0 Å². The molecule has 1 fully saturated rings. The van der Waals surface area contributed by atoms with Crippen LogP contribution in [0.15, 0.2) is 24.0 Å². The van der Waals surface area contributed by atoms with E-state index in [1.54, 1.807) is 29.4 Å². The van der Waals surface area contributed by atoms with Crippen molar-refractivity contribution in [2.24, 2.45) is 0 Å². The van der Waals surface area contributed by atoms with E-state index in [-0.39, 0.29) is 0 Å². The predicted molar refractivity (Wildman–Crippen MR) is 51.4 cm³/mol. The van der Waals surface area contributed by atoms with Gasteiger partial charge in [0.1, 0.15) is 12.4 Å². The number of ketones is 2. The fourth-order valence-corrected chi connectivity index (χ4v) is 1.56. The summed E-state index contributed by atoms with van der Waals surface area (Å²) in [6.07, 6.45) is 3.24. The van der Waals surface area contributed by atoms with E-state index in [1.165, 1.54) is 0 Å². The maximum absolute atomic E-state index is 11.7. The lowest BCUT2D eigenvalue weighted by Crippen LogP contribution is -2.26. The summed E-state index contributed by atoms with van der Waals surface area (Å²) in [5.41, 5.74) is 4.17. The summed E-state index contributed by atoms with van der Waals surface area (Å²) in [6.45, 7) is 0.604. The topological polar surface area (TPSA) is 72.0 Å². The van der Waals surface area contributed by atoms with Crippen LogP contribution in [0, 0.1) is 0 Å². The lowest BCUT2D eigenvalue weighted by Gasteiger charge is -2.12. The average molecular weight is 201 g/mol. The molecule has 0 aromatic carbocycles. The highest BCUT2D eigenvalue weighted by molar-refractivity contribution is 6.51. The first kappa shape index (κ1) is 8.31. The summed E-state index contributed by atoms with van der Waals surface area (Å²) in [4.78, 5) is 27.4. The highest BCUT2D eigenvalue weighted by atomic mass is 16.2. The lowest BCUT2D eigenvalue weighted by molar-refractivity contribution is -0.112. The molecule has 0 saturated carbocycles. The summed E-state index contributed by atoms with van der Waals surface area (Å²) in [5, 5.41) is 1.62. The maximum Gasteiger partial charge on any atom is 0.251 e. The Bertz CT molecular complexity index is 503. The molecular weight excluding hydrogens is 194 g/mol. The van der Waals surface area contributed by atoms with Crippen molar-refractivity contribution in [1.82, 2.24) is 15.4 Å². The number of nitrogens with one attached hydrogen (secondary N) is 1. The molecule has 1 aliphatic heterocycles. The Morgan fingerprint density at radius 2 is 2.13 bits per heavy atom. The summed E-state index contributed by atoms with van der Waals surface area (Å²) >= 11 is 0. The molecule has 2 heterocycles. The Labute approximate surface area is 85.4 Å². The van der Waals surface area contributed by atoms with Gasteiger partial charge in [-0.3, -0.25) is 19.6 Å². The van der Waals surface area contributed by atoms with Crippen LogP contribution in [-0.2, 0) is 4.79 Å². The first-order valence-corrected chi connectivity index (χ1v) is 4.54. The molecule has 2 aliphatic rings. The highest BCUT2D eigenvalue weighted by Gasteiger charge is 2.34. The molecule has 1 aromatic heterocycles. The minimum absolute atomic E-state index is 0.381. The SMILES string of the molecule is O=C1C(=O)c2cccnc2C=C1N1CN1. The first-order valence-electron chi connectivity index (χ1n) is 4.54. The second-order valence-electron chi connectivity index (χ2n) is 3.37. The van der Waals surface area contributed by atoms with Crippen LogP contribution in [0.3, 0.4) is 0 Å².